The number of likely N-dealkylation sites (tertiary alicyclic amines) is 1. The topological polar surface area (TPSA) is 49.4 Å². The normalized spacial score (nSPS) is 14.2. The number of hydrogen-bond acceptors (Lipinski definition) is 2. The Labute approximate surface area is 152 Å². The third kappa shape index (κ3) is 3.91. The Kier molecular flexibility index (Phi) is 4.92. The number of amides is 2. The van der Waals surface area contributed by atoms with Crippen molar-refractivity contribution >= 4 is 40.7 Å². The summed E-state index contributed by atoms with van der Waals surface area (Å²) in [6.07, 6.45) is 0. The summed E-state index contributed by atoms with van der Waals surface area (Å²) < 4.78 is 26.1. The molecule has 0 aliphatic carbocycles. The highest BCUT2D eigenvalue weighted by atomic mass is 35.5. The van der Waals surface area contributed by atoms with E-state index in [0.29, 0.717) is 15.7 Å². The van der Waals surface area contributed by atoms with Gasteiger partial charge in [0.25, 0.3) is 5.91 Å². The summed E-state index contributed by atoms with van der Waals surface area (Å²) in [6.45, 7) is 0.385. The number of nitrogens with zero attached hydrogens (tertiary/aromatic N) is 1. The van der Waals surface area contributed by atoms with Gasteiger partial charge in [-0.05, 0) is 36.4 Å². The van der Waals surface area contributed by atoms with E-state index in [-0.39, 0.29) is 24.6 Å². The fourth-order valence-electron chi connectivity index (χ4n) is 2.49. The zero-order valence-electron chi connectivity index (χ0n) is 12.7. The molecule has 1 fully saturated rings. The van der Waals surface area contributed by atoms with Crippen molar-refractivity contribution in [3.63, 3.8) is 0 Å². The number of anilines is 1. The van der Waals surface area contributed by atoms with Crippen LogP contribution >= 0.6 is 23.2 Å². The van der Waals surface area contributed by atoms with E-state index in [0.717, 1.165) is 12.1 Å². The summed E-state index contributed by atoms with van der Waals surface area (Å²) in [6, 6.07) is 7.63. The molecule has 1 aliphatic rings. The lowest BCUT2D eigenvalue weighted by molar-refractivity contribution is -0.123. The lowest BCUT2D eigenvalue weighted by Gasteiger charge is -2.38. The van der Waals surface area contributed by atoms with Crippen molar-refractivity contribution in [1.82, 2.24) is 4.90 Å². The van der Waals surface area contributed by atoms with Gasteiger partial charge in [0.15, 0.2) is 11.6 Å². The molecule has 8 heteroatoms. The Morgan fingerprint density at radius 3 is 2.24 bits per heavy atom. The Morgan fingerprint density at radius 1 is 1.00 bits per heavy atom. The first-order valence-corrected chi connectivity index (χ1v) is 8.10. The number of rotatable bonds is 3. The number of hydrogen-bond donors (Lipinski definition) is 1. The van der Waals surface area contributed by atoms with E-state index in [1.807, 2.05) is 0 Å². The molecular formula is C17H12Cl2F2N2O2. The van der Waals surface area contributed by atoms with Crippen molar-refractivity contribution < 1.29 is 18.4 Å². The first-order chi connectivity index (χ1) is 11.8. The van der Waals surface area contributed by atoms with Crippen LogP contribution in [-0.4, -0.2) is 29.8 Å². The highest BCUT2D eigenvalue weighted by molar-refractivity contribution is 6.35. The van der Waals surface area contributed by atoms with E-state index in [1.54, 1.807) is 18.2 Å². The predicted octanol–water partition coefficient (Wildman–Crippen LogP) is 3.98. The second-order valence-electron chi connectivity index (χ2n) is 5.68. The summed E-state index contributed by atoms with van der Waals surface area (Å²) in [5, 5.41) is 3.48. The number of halogens is 4. The van der Waals surface area contributed by atoms with Gasteiger partial charge in [0.2, 0.25) is 5.91 Å². The quantitative estimate of drug-likeness (QED) is 0.869. The first kappa shape index (κ1) is 17.6. The van der Waals surface area contributed by atoms with Crippen LogP contribution in [0.15, 0.2) is 36.4 Å². The lowest BCUT2D eigenvalue weighted by Crippen LogP contribution is -2.54. The van der Waals surface area contributed by atoms with Crippen LogP contribution in [0.2, 0.25) is 10.0 Å². The molecule has 0 radical (unpaired) electrons. The fraction of sp³-hybridized carbons (Fsp3) is 0.176. The van der Waals surface area contributed by atoms with Crippen LogP contribution in [0.1, 0.15) is 10.4 Å². The maximum Gasteiger partial charge on any atom is 0.254 e. The van der Waals surface area contributed by atoms with Crippen LogP contribution in [0, 0.1) is 17.6 Å². The molecule has 1 saturated heterocycles. The van der Waals surface area contributed by atoms with E-state index < -0.39 is 23.5 Å². The molecule has 0 unspecified atom stereocenters. The largest absolute Gasteiger partial charge is 0.337 e. The average Bonchev–Trinajstić information content (AvgIpc) is 2.47. The first-order valence-electron chi connectivity index (χ1n) is 7.35. The van der Waals surface area contributed by atoms with Crippen molar-refractivity contribution in [3.05, 3.63) is 63.6 Å². The minimum atomic E-state index is -1.08. The molecule has 0 bridgehead atoms. The molecule has 1 heterocycles. The van der Waals surface area contributed by atoms with Gasteiger partial charge in [-0.2, -0.15) is 0 Å². The molecule has 0 spiro atoms. The second kappa shape index (κ2) is 6.98. The van der Waals surface area contributed by atoms with Crippen LogP contribution in [0.4, 0.5) is 14.5 Å². The van der Waals surface area contributed by atoms with Gasteiger partial charge in [-0.1, -0.05) is 23.2 Å². The van der Waals surface area contributed by atoms with Crippen LogP contribution in [-0.2, 0) is 4.79 Å². The van der Waals surface area contributed by atoms with Gasteiger partial charge in [-0.25, -0.2) is 8.78 Å². The zero-order chi connectivity index (χ0) is 18.1. The molecule has 2 aromatic carbocycles. The molecule has 1 aliphatic heterocycles. The van der Waals surface area contributed by atoms with Crippen LogP contribution in [0.3, 0.4) is 0 Å². The minimum absolute atomic E-state index is 0.0411. The van der Waals surface area contributed by atoms with Gasteiger partial charge in [0.1, 0.15) is 0 Å². The molecule has 0 aromatic heterocycles. The van der Waals surface area contributed by atoms with Gasteiger partial charge in [-0.15, -0.1) is 0 Å². The number of nitrogens with one attached hydrogen (secondary N) is 1. The van der Waals surface area contributed by atoms with Crippen LogP contribution in [0.25, 0.3) is 0 Å². The Morgan fingerprint density at radius 2 is 1.64 bits per heavy atom. The highest BCUT2D eigenvalue weighted by Crippen LogP contribution is 2.25. The van der Waals surface area contributed by atoms with Crippen molar-refractivity contribution in [2.45, 2.75) is 0 Å². The minimum Gasteiger partial charge on any atom is -0.337 e. The lowest BCUT2D eigenvalue weighted by atomic mass is 9.97. The summed E-state index contributed by atoms with van der Waals surface area (Å²) in [4.78, 5) is 25.7. The van der Waals surface area contributed by atoms with Crippen molar-refractivity contribution in [2.24, 2.45) is 5.92 Å². The number of carbonyl (C=O) groups excluding carboxylic acids is 2. The molecule has 25 heavy (non-hydrogen) atoms. The summed E-state index contributed by atoms with van der Waals surface area (Å²) in [7, 11) is 0. The molecular weight excluding hydrogens is 373 g/mol. The van der Waals surface area contributed by atoms with Crippen LogP contribution in [0.5, 0.6) is 0 Å². The summed E-state index contributed by atoms with van der Waals surface area (Å²) in [5.74, 6) is -3.22. The average molecular weight is 385 g/mol. The van der Waals surface area contributed by atoms with Gasteiger partial charge in [0, 0.05) is 34.4 Å². The maximum atomic E-state index is 13.2. The number of benzene rings is 2. The second-order valence-corrected chi connectivity index (χ2v) is 6.56. The van der Waals surface area contributed by atoms with Crippen molar-refractivity contribution in [3.8, 4) is 0 Å². The zero-order valence-corrected chi connectivity index (χ0v) is 14.2. The Hall–Kier alpha value is -2.18. The van der Waals surface area contributed by atoms with E-state index in [4.69, 9.17) is 23.2 Å². The smallest absolute Gasteiger partial charge is 0.254 e. The summed E-state index contributed by atoms with van der Waals surface area (Å²) >= 11 is 11.7. The van der Waals surface area contributed by atoms with Crippen molar-refractivity contribution in [1.29, 1.82) is 0 Å². The Bertz CT molecular complexity index is 834. The molecule has 0 atom stereocenters. The summed E-state index contributed by atoms with van der Waals surface area (Å²) in [5.41, 5.74) is 0.507. The van der Waals surface area contributed by atoms with Gasteiger partial charge < -0.3 is 10.2 Å². The molecule has 1 N–H and O–H groups in total. The molecule has 130 valence electrons. The van der Waals surface area contributed by atoms with E-state index in [9.17, 15) is 18.4 Å². The third-order valence-corrected chi connectivity index (χ3v) is 4.27. The highest BCUT2D eigenvalue weighted by Gasteiger charge is 2.36. The maximum absolute atomic E-state index is 13.2. The van der Waals surface area contributed by atoms with Gasteiger partial charge >= 0.3 is 0 Å². The SMILES string of the molecule is O=C(Nc1cc(Cl)cc(Cl)c1)C1CN(C(=O)c2ccc(F)c(F)c2)C1. The monoisotopic (exact) mass is 384 g/mol. The van der Waals surface area contributed by atoms with E-state index in [1.165, 1.54) is 11.0 Å². The fourth-order valence-corrected chi connectivity index (χ4v) is 3.02. The van der Waals surface area contributed by atoms with Gasteiger partial charge in [-0.3, -0.25) is 9.59 Å². The number of carbonyl (C=O) groups is 2. The van der Waals surface area contributed by atoms with Gasteiger partial charge in [0.05, 0.1) is 5.92 Å². The molecule has 2 amide bonds. The predicted molar refractivity (Wildman–Crippen MR) is 90.8 cm³/mol. The van der Waals surface area contributed by atoms with E-state index >= 15 is 0 Å². The standard InChI is InChI=1S/C17H12Cl2F2N2O2/c18-11-4-12(19)6-13(5-11)22-16(24)10-7-23(8-10)17(25)9-1-2-14(20)15(21)3-9/h1-6,10H,7-8H2,(H,22,24). The van der Waals surface area contributed by atoms with Crippen molar-refractivity contribution in [2.75, 3.05) is 18.4 Å². The molecule has 0 saturated carbocycles. The molecule has 2 aromatic rings. The Balaban J connectivity index is 1.58. The molecule has 4 nitrogen and oxygen atoms in total. The molecule has 3 rings (SSSR count). The third-order valence-electron chi connectivity index (χ3n) is 3.84. The van der Waals surface area contributed by atoms with Crippen LogP contribution < -0.4 is 5.32 Å². The van der Waals surface area contributed by atoms with E-state index in [2.05, 4.69) is 5.32 Å².